The van der Waals surface area contributed by atoms with Gasteiger partial charge in [-0.05, 0) is 65.4 Å². The quantitative estimate of drug-likeness (QED) is 0.153. The smallest absolute Gasteiger partial charge is 0.223 e. The number of rotatable bonds is 13. The molecule has 5 aromatic rings. The monoisotopic (exact) mass is 585 g/mol. The standard InChI is InChI=1S/C34H36FN3O5/c1-38(13-11-21(12-14-39)27-19-36-29-8-6-5-7-24(27)29)33(40)18-25(28-20-37-30-10-9-23(35)17-26(28)30)22-15-31(41-2)34(43-4)32(16-22)42-3/h5-10,14-17,19-21,25,36-37H,11-13,18H2,1-4H3. The number of para-hydroxylation sites is 1. The first kappa shape index (κ1) is 29.7. The van der Waals surface area contributed by atoms with Crippen molar-refractivity contribution in [3.05, 3.63) is 89.5 Å². The van der Waals surface area contributed by atoms with Crippen LogP contribution in [0.4, 0.5) is 4.39 Å². The Bertz CT molecular complexity index is 1720. The van der Waals surface area contributed by atoms with Gasteiger partial charge in [-0.3, -0.25) is 4.79 Å². The summed E-state index contributed by atoms with van der Waals surface area (Å²) in [6.07, 6.45) is 5.81. The number of aromatic nitrogens is 2. The van der Waals surface area contributed by atoms with Gasteiger partial charge in [0.1, 0.15) is 12.1 Å². The van der Waals surface area contributed by atoms with E-state index in [2.05, 4.69) is 9.97 Å². The number of aromatic amines is 2. The molecule has 0 saturated carbocycles. The molecule has 224 valence electrons. The number of aldehydes is 1. The summed E-state index contributed by atoms with van der Waals surface area (Å²) < 4.78 is 31.1. The molecule has 0 spiro atoms. The minimum atomic E-state index is -0.446. The summed E-state index contributed by atoms with van der Waals surface area (Å²) in [5, 5.41) is 1.77. The molecule has 43 heavy (non-hydrogen) atoms. The zero-order chi connectivity index (χ0) is 30.5. The number of methoxy groups -OCH3 is 3. The first-order valence-electron chi connectivity index (χ1n) is 14.2. The average molecular weight is 586 g/mol. The van der Waals surface area contributed by atoms with Crippen LogP contribution in [0.15, 0.2) is 67.0 Å². The van der Waals surface area contributed by atoms with Crippen LogP contribution in [0.2, 0.25) is 0 Å². The van der Waals surface area contributed by atoms with E-state index in [1.807, 2.05) is 48.8 Å². The van der Waals surface area contributed by atoms with E-state index in [9.17, 15) is 14.0 Å². The first-order chi connectivity index (χ1) is 20.9. The summed E-state index contributed by atoms with van der Waals surface area (Å²) in [6, 6.07) is 16.2. The molecule has 0 radical (unpaired) electrons. The number of benzene rings is 3. The average Bonchev–Trinajstić information content (AvgIpc) is 3.65. The highest BCUT2D eigenvalue weighted by Crippen LogP contribution is 2.43. The van der Waals surface area contributed by atoms with Crippen molar-refractivity contribution in [1.29, 1.82) is 0 Å². The Balaban J connectivity index is 1.44. The van der Waals surface area contributed by atoms with Crippen molar-refractivity contribution >= 4 is 34.0 Å². The summed E-state index contributed by atoms with van der Waals surface area (Å²) >= 11 is 0. The van der Waals surface area contributed by atoms with Crippen molar-refractivity contribution in [3.63, 3.8) is 0 Å². The molecule has 0 saturated heterocycles. The zero-order valence-electron chi connectivity index (χ0n) is 24.8. The van der Waals surface area contributed by atoms with Crippen LogP contribution in [-0.2, 0) is 9.59 Å². The lowest BCUT2D eigenvalue weighted by atomic mass is 9.87. The van der Waals surface area contributed by atoms with E-state index in [1.165, 1.54) is 19.2 Å². The van der Waals surface area contributed by atoms with Gasteiger partial charge in [0.05, 0.1) is 21.3 Å². The third kappa shape index (κ3) is 6.07. The molecule has 8 nitrogen and oxygen atoms in total. The minimum absolute atomic E-state index is 0.0357. The highest BCUT2D eigenvalue weighted by Gasteiger charge is 2.27. The van der Waals surface area contributed by atoms with Gasteiger partial charge in [-0.15, -0.1) is 0 Å². The predicted molar refractivity (Wildman–Crippen MR) is 165 cm³/mol. The SMILES string of the molecule is COc1cc(C(CC(=O)N(C)CCC(CC=O)c2c[nH]c3ccccc23)c2c[nH]c3ccc(F)cc23)cc(OC)c1OC. The van der Waals surface area contributed by atoms with E-state index in [0.29, 0.717) is 42.0 Å². The number of halogens is 1. The number of H-pyrrole nitrogens is 2. The summed E-state index contributed by atoms with van der Waals surface area (Å²) in [5.74, 6) is 0.435. The van der Waals surface area contributed by atoms with Crippen molar-refractivity contribution < 1.29 is 28.2 Å². The van der Waals surface area contributed by atoms with E-state index in [4.69, 9.17) is 14.2 Å². The number of nitrogens with one attached hydrogen (secondary N) is 2. The van der Waals surface area contributed by atoms with Crippen LogP contribution in [0, 0.1) is 5.82 Å². The lowest BCUT2D eigenvalue weighted by Gasteiger charge is -2.25. The molecule has 0 aliphatic heterocycles. The normalized spacial score (nSPS) is 12.7. The number of hydrogen-bond acceptors (Lipinski definition) is 5. The first-order valence-corrected chi connectivity index (χ1v) is 14.2. The Morgan fingerprint density at radius 2 is 1.58 bits per heavy atom. The maximum absolute atomic E-state index is 14.4. The third-order valence-electron chi connectivity index (χ3n) is 8.20. The van der Waals surface area contributed by atoms with E-state index >= 15 is 0 Å². The summed E-state index contributed by atoms with van der Waals surface area (Å²) in [7, 11) is 6.39. The lowest BCUT2D eigenvalue weighted by Crippen LogP contribution is -2.30. The largest absolute Gasteiger partial charge is 0.493 e. The zero-order valence-corrected chi connectivity index (χ0v) is 24.8. The fourth-order valence-electron chi connectivity index (χ4n) is 5.87. The molecule has 0 fully saturated rings. The number of amides is 1. The molecule has 0 aliphatic rings. The topological polar surface area (TPSA) is 96.7 Å². The highest BCUT2D eigenvalue weighted by molar-refractivity contribution is 5.86. The number of carbonyl (C=O) groups excluding carboxylic acids is 2. The van der Waals surface area contributed by atoms with E-state index in [0.717, 1.165) is 39.4 Å². The molecule has 1 amide bonds. The van der Waals surface area contributed by atoms with E-state index in [1.54, 1.807) is 32.2 Å². The van der Waals surface area contributed by atoms with E-state index in [-0.39, 0.29) is 24.1 Å². The van der Waals surface area contributed by atoms with Crippen LogP contribution >= 0.6 is 0 Å². The van der Waals surface area contributed by atoms with E-state index < -0.39 is 5.92 Å². The van der Waals surface area contributed by atoms with Crippen molar-refractivity contribution in [1.82, 2.24) is 14.9 Å². The molecule has 9 heteroatoms. The Kier molecular flexibility index (Phi) is 8.99. The summed E-state index contributed by atoms with van der Waals surface area (Å²) in [5.41, 5.74) is 4.40. The van der Waals surface area contributed by atoms with Gasteiger partial charge in [-0.25, -0.2) is 4.39 Å². The molecule has 0 aliphatic carbocycles. The Hall–Kier alpha value is -4.79. The molecule has 3 aromatic carbocycles. The van der Waals surface area contributed by atoms with Crippen LogP contribution in [0.5, 0.6) is 17.2 Å². The predicted octanol–water partition coefficient (Wildman–Crippen LogP) is 6.56. The Morgan fingerprint density at radius 1 is 0.907 bits per heavy atom. The van der Waals surface area contributed by atoms with Gasteiger partial charge in [0, 0.05) is 66.6 Å². The van der Waals surface area contributed by atoms with Crippen molar-refractivity contribution in [2.45, 2.75) is 31.1 Å². The van der Waals surface area contributed by atoms with Crippen LogP contribution in [0.3, 0.4) is 0 Å². The lowest BCUT2D eigenvalue weighted by molar-refractivity contribution is -0.130. The molecule has 2 aromatic heterocycles. The van der Waals surface area contributed by atoms with Crippen LogP contribution in [-0.4, -0.2) is 62.0 Å². The molecule has 2 atom stereocenters. The second-order valence-electron chi connectivity index (χ2n) is 10.6. The van der Waals surface area contributed by atoms with Crippen molar-refractivity contribution in [3.8, 4) is 17.2 Å². The second kappa shape index (κ2) is 13.0. The van der Waals surface area contributed by atoms with Gasteiger partial charge >= 0.3 is 0 Å². The summed E-state index contributed by atoms with van der Waals surface area (Å²) in [4.78, 5) is 33.6. The maximum atomic E-state index is 14.4. The molecule has 2 unspecified atom stereocenters. The fraction of sp³-hybridized carbons (Fsp3) is 0.294. The van der Waals surface area contributed by atoms with Crippen molar-refractivity contribution in [2.24, 2.45) is 0 Å². The Morgan fingerprint density at radius 3 is 2.26 bits per heavy atom. The van der Waals surface area contributed by atoms with Crippen molar-refractivity contribution in [2.75, 3.05) is 34.9 Å². The minimum Gasteiger partial charge on any atom is -0.493 e. The molecule has 2 N–H and O–H groups in total. The second-order valence-corrected chi connectivity index (χ2v) is 10.6. The molecule has 5 rings (SSSR count). The van der Waals surface area contributed by atoms with Crippen LogP contribution < -0.4 is 14.2 Å². The number of carbonyl (C=O) groups is 2. The molecular formula is C34H36FN3O5. The molecule has 2 heterocycles. The number of fused-ring (bicyclic) bond motifs is 2. The third-order valence-corrected chi connectivity index (χ3v) is 8.20. The molecular weight excluding hydrogens is 549 g/mol. The summed E-state index contributed by atoms with van der Waals surface area (Å²) in [6.45, 7) is 0.460. The fourth-order valence-corrected chi connectivity index (χ4v) is 5.87. The van der Waals surface area contributed by atoms with Crippen LogP contribution in [0.25, 0.3) is 21.8 Å². The van der Waals surface area contributed by atoms with Crippen LogP contribution in [0.1, 0.15) is 47.8 Å². The number of nitrogens with zero attached hydrogens (tertiary/aromatic N) is 1. The maximum Gasteiger partial charge on any atom is 0.223 e. The van der Waals surface area contributed by atoms with Gasteiger partial charge in [0.15, 0.2) is 11.5 Å². The number of ether oxygens (including phenoxy) is 3. The Labute approximate surface area is 249 Å². The van der Waals surface area contributed by atoms with Gasteiger partial charge in [-0.2, -0.15) is 0 Å². The van der Waals surface area contributed by atoms with Gasteiger partial charge in [0.2, 0.25) is 11.7 Å². The highest BCUT2D eigenvalue weighted by atomic mass is 19.1. The van der Waals surface area contributed by atoms with Gasteiger partial charge < -0.3 is 33.9 Å². The number of hydrogen-bond donors (Lipinski definition) is 2. The van der Waals surface area contributed by atoms with Gasteiger partial charge in [0.25, 0.3) is 0 Å². The van der Waals surface area contributed by atoms with Gasteiger partial charge in [-0.1, -0.05) is 18.2 Å². The molecule has 0 bridgehead atoms.